The number of nitrogens with one attached hydrogen (secondary N) is 1. The third-order valence-corrected chi connectivity index (χ3v) is 7.73. The summed E-state index contributed by atoms with van der Waals surface area (Å²) in [5.74, 6) is 0.119. The number of aromatic nitrogens is 2. The number of hydrogen-bond donors (Lipinski definition) is 1. The van der Waals surface area contributed by atoms with Crippen LogP contribution in [0.4, 0.5) is 10.1 Å². The van der Waals surface area contributed by atoms with E-state index in [-0.39, 0.29) is 35.8 Å². The normalized spacial score (nSPS) is 13.6. The van der Waals surface area contributed by atoms with Gasteiger partial charge in [0.2, 0.25) is 0 Å². The average Bonchev–Trinajstić information content (AvgIpc) is 2.99. The van der Waals surface area contributed by atoms with Gasteiger partial charge >= 0.3 is 0 Å². The number of likely N-dealkylation sites (tertiary alicyclic amines) is 1. The predicted molar refractivity (Wildman–Crippen MR) is 159 cm³/mol. The second-order valence-electron chi connectivity index (χ2n) is 10.6. The first-order valence-corrected chi connectivity index (χ1v) is 13.9. The highest BCUT2D eigenvalue weighted by atomic mass is 19.1. The Morgan fingerprint density at radius 2 is 1.64 bits per heavy atom. The molecule has 1 aromatic heterocycles. The number of halogens is 1. The highest BCUT2D eigenvalue weighted by molar-refractivity contribution is 6.04. The van der Waals surface area contributed by atoms with Gasteiger partial charge in [-0.1, -0.05) is 24.3 Å². The van der Waals surface area contributed by atoms with Crippen molar-refractivity contribution in [3.8, 4) is 5.75 Å². The SMILES string of the molecule is COc1c(C)cc(C(=O)Nc2ccc(C3CCN(C(=O)c4nccn(Cc5ccc(F)cc5)c4=O)CC3)cc2)cc1C. The van der Waals surface area contributed by atoms with Crippen LogP contribution in [-0.4, -0.2) is 46.5 Å². The molecule has 0 saturated carbocycles. The number of benzene rings is 3. The zero-order valence-electron chi connectivity index (χ0n) is 23.9. The van der Waals surface area contributed by atoms with E-state index >= 15 is 0 Å². The van der Waals surface area contributed by atoms with Gasteiger partial charge in [-0.3, -0.25) is 14.4 Å². The van der Waals surface area contributed by atoms with Crippen molar-refractivity contribution < 1.29 is 18.7 Å². The summed E-state index contributed by atoms with van der Waals surface area (Å²) < 4.78 is 20.0. The Hall–Kier alpha value is -4.79. The van der Waals surface area contributed by atoms with Crippen molar-refractivity contribution in [3.63, 3.8) is 0 Å². The number of methoxy groups -OCH3 is 1. The number of anilines is 1. The Morgan fingerprint density at radius 3 is 2.26 bits per heavy atom. The fraction of sp³-hybridized carbons (Fsp3) is 0.273. The van der Waals surface area contributed by atoms with E-state index in [2.05, 4.69) is 10.3 Å². The molecule has 1 saturated heterocycles. The molecule has 0 spiro atoms. The number of amides is 2. The molecule has 3 aromatic carbocycles. The van der Waals surface area contributed by atoms with Crippen LogP contribution in [0.15, 0.2) is 77.9 Å². The van der Waals surface area contributed by atoms with Crippen LogP contribution in [0, 0.1) is 19.7 Å². The molecule has 2 heterocycles. The van der Waals surface area contributed by atoms with Crippen molar-refractivity contribution in [1.29, 1.82) is 0 Å². The van der Waals surface area contributed by atoms with E-state index < -0.39 is 5.56 Å². The summed E-state index contributed by atoms with van der Waals surface area (Å²) >= 11 is 0. The molecule has 5 rings (SSSR count). The van der Waals surface area contributed by atoms with Gasteiger partial charge in [-0.15, -0.1) is 0 Å². The summed E-state index contributed by atoms with van der Waals surface area (Å²) in [4.78, 5) is 44.8. The Balaban J connectivity index is 1.18. The third kappa shape index (κ3) is 6.25. The van der Waals surface area contributed by atoms with Gasteiger partial charge in [0.1, 0.15) is 11.6 Å². The molecule has 0 radical (unpaired) electrons. The van der Waals surface area contributed by atoms with Gasteiger partial charge in [-0.2, -0.15) is 0 Å². The summed E-state index contributed by atoms with van der Waals surface area (Å²) in [6, 6.07) is 17.3. The highest BCUT2D eigenvalue weighted by Crippen LogP contribution is 2.30. The van der Waals surface area contributed by atoms with Gasteiger partial charge in [-0.25, -0.2) is 9.37 Å². The van der Waals surface area contributed by atoms with E-state index in [0.29, 0.717) is 24.3 Å². The molecular weight excluding hydrogens is 535 g/mol. The van der Waals surface area contributed by atoms with Crippen LogP contribution in [0.2, 0.25) is 0 Å². The lowest BCUT2D eigenvalue weighted by Gasteiger charge is -2.32. The number of nitrogens with zero attached hydrogens (tertiary/aromatic N) is 3. The van der Waals surface area contributed by atoms with Crippen LogP contribution in [0.3, 0.4) is 0 Å². The van der Waals surface area contributed by atoms with Crippen molar-refractivity contribution in [1.82, 2.24) is 14.5 Å². The van der Waals surface area contributed by atoms with Crippen molar-refractivity contribution >= 4 is 17.5 Å². The monoisotopic (exact) mass is 568 g/mol. The fourth-order valence-electron chi connectivity index (χ4n) is 5.52. The van der Waals surface area contributed by atoms with Gasteiger partial charge < -0.3 is 19.5 Å². The topological polar surface area (TPSA) is 93.5 Å². The minimum absolute atomic E-state index is 0.111. The van der Waals surface area contributed by atoms with Crippen molar-refractivity contribution in [2.45, 2.75) is 39.2 Å². The van der Waals surface area contributed by atoms with Gasteiger partial charge in [0.25, 0.3) is 17.4 Å². The first kappa shape index (κ1) is 28.7. The molecule has 0 atom stereocenters. The zero-order chi connectivity index (χ0) is 29.8. The number of ether oxygens (including phenoxy) is 1. The maximum atomic E-state index is 13.2. The van der Waals surface area contributed by atoms with E-state index in [1.54, 1.807) is 24.1 Å². The van der Waals surface area contributed by atoms with Crippen molar-refractivity contribution in [3.05, 3.63) is 123 Å². The number of piperidine rings is 1. The van der Waals surface area contributed by atoms with Gasteiger partial charge in [0.15, 0.2) is 5.69 Å². The highest BCUT2D eigenvalue weighted by Gasteiger charge is 2.27. The first-order chi connectivity index (χ1) is 20.2. The molecule has 4 aromatic rings. The molecule has 0 bridgehead atoms. The molecule has 0 aliphatic carbocycles. The Morgan fingerprint density at radius 1 is 1.00 bits per heavy atom. The standard InChI is InChI=1S/C33H33FN4O4/c1-21-18-26(19-22(2)30(21)42-3)31(39)36-28-10-6-24(7-11-28)25-12-15-37(16-13-25)32(40)29-33(41)38(17-14-35-29)20-23-4-8-27(34)9-5-23/h4-11,14,17-19,25H,12-13,15-16,20H2,1-3H3,(H,36,39). The molecule has 42 heavy (non-hydrogen) atoms. The smallest absolute Gasteiger partial charge is 0.282 e. The van der Waals surface area contributed by atoms with Crippen LogP contribution < -0.4 is 15.6 Å². The molecule has 1 N–H and O–H groups in total. The summed E-state index contributed by atoms with van der Waals surface area (Å²) in [7, 11) is 1.62. The number of aryl methyl sites for hydroxylation is 2. The second kappa shape index (κ2) is 12.4. The Kier molecular flexibility index (Phi) is 8.47. The first-order valence-electron chi connectivity index (χ1n) is 13.9. The van der Waals surface area contributed by atoms with Crippen molar-refractivity contribution in [2.75, 3.05) is 25.5 Å². The van der Waals surface area contributed by atoms with E-state index in [0.717, 1.165) is 40.8 Å². The van der Waals surface area contributed by atoms with E-state index in [4.69, 9.17) is 4.74 Å². The minimum Gasteiger partial charge on any atom is -0.496 e. The predicted octanol–water partition coefficient (Wildman–Crippen LogP) is 5.33. The lowest BCUT2D eigenvalue weighted by atomic mass is 9.89. The molecule has 1 fully saturated rings. The molecule has 0 unspecified atom stereocenters. The van der Waals surface area contributed by atoms with Gasteiger partial charge in [0.05, 0.1) is 13.7 Å². The van der Waals surface area contributed by atoms with Crippen LogP contribution >= 0.6 is 0 Å². The lowest BCUT2D eigenvalue weighted by molar-refractivity contribution is 0.0704. The minimum atomic E-state index is -0.466. The number of carbonyl (C=O) groups is 2. The summed E-state index contributed by atoms with van der Waals surface area (Å²) in [6.07, 6.45) is 4.47. The Bertz CT molecular complexity index is 1630. The largest absolute Gasteiger partial charge is 0.496 e. The van der Waals surface area contributed by atoms with Crippen LogP contribution in [0.5, 0.6) is 5.75 Å². The second-order valence-corrected chi connectivity index (χ2v) is 10.6. The molecular formula is C33H33FN4O4. The molecule has 1 aliphatic heterocycles. The lowest BCUT2D eigenvalue weighted by Crippen LogP contribution is -2.41. The van der Waals surface area contributed by atoms with Crippen molar-refractivity contribution in [2.24, 2.45) is 0 Å². The Labute approximate surface area is 243 Å². The average molecular weight is 569 g/mol. The molecule has 2 amide bonds. The summed E-state index contributed by atoms with van der Waals surface area (Å²) in [5.41, 5.74) is 4.39. The number of hydrogen-bond acceptors (Lipinski definition) is 5. The number of carbonyl (C=O) groups excluding carboxylic acids is 2. The van der Waals surface area contributed by atoms with Crippen LogP contribution in [-0.2, 0) is 6.54 Å². The van der Waals surface area contributed by atoms with Crippen LogP contribution in [0.25, 0.3) is 0 Å². The van der Waals surface area contributed by atoms with Gasteiger partial charge in [0, 0.05) is 36.7 Å². The van der Waals surface area contributed by atoms with E-state index in [9.17, 15) is 18.8 Å². The maximum absolute atomic E-state index is 13.2. The molecule has 8 nitrogen and oxygen atoms in total. The summed E-state index contributed by atoms with van der Waals surface area (Å²) in [5, 5.41) is 2.96. The molecule has 1 aliphatic rings. The van der Waals surface area contributed by atoms with Crippen LogP contribution in [0.1, 0.15) is 61.9 Å². The zero-order valence-corrected chi connectivity index (χ0v) is 23.9. The quantitative estimate of drug-likeness (QED) is 0.325. The fourth-order valence-corrected chi connectivity index (χ4v) is 5.52. The number of rotatable bonds is 7. The van der Waals surface area contributed by atoms with Gasteiger partial charge in [-0.05, 0) is 91.3 Å². The molecule has 216 valence electrons. The van der Waals surface area contributed by atoms with E-state index in [1.807, 2.05) is 50.2 Å². The third-order valence-electron chi connectivity index (χ3n) is 7.73. The van der Waals surface area contributed by atoms with E-state index in [1.165, 1.54) is 29.1 Å². The molecule has 9 heteroatoms. The summed E-state index contributed by atoms with van der Waals surface area (Å²) in [6.45, 7) is 5.06. The maximum Gasteiger partial charge on any atom is 0.282 e.